The van der Waals surface area contributed by atoms with Crippen LogP contribution in [0.2, 0.25) is 5.02 Å². The van der Waals surface area contributed by atoms with Gasteiger partial charge in [-0.2, -0.15) is 0 Å². The number of para-hydroxylation sites is 2. The van der Waals surface area contributed by atoms with Crippen LogP contribution in [0.15, 0.2) is 78.9 Å². The van der Waals surface area contributed by atoms with Crippen LogP contribution in [-0.2, 0) is 14.4 Å². The van der Waals surface area contributed by atoms with Gasteiger partial charge in [-0.1, -0.05) is 48.0 Å². The molecule has 0 aliphatic carbocycles. The van der Waals surface area contributed by atoms with E-state index < -0.39 is 18.1 Å². The Labute approximate surface area is 190 Å². The zero-order valence-corrected chi connectivity index (χ0v) is 18.1. The highest BCUT2D eigenvalue weighted by molar-refractivity contribution is 6.31. The standard InChI is InChI=1S/C25H21ClN2O4/c1-2-31-20-11-7-6-10-19(20)22-21-23(32-28(22)18-8-4-3-5-9-18)25(30)27(24(21)29)17-14-12-16(26)13-15-17/h3-15,21-23H,2H2,1H3. The molecule has 3 aromatic carbocycles. The van der Waals surface area contributed by atoms with E-state index in [1.807, 2.05) is 61.5 Å². The quantitative estimate of drug-likeness (QED) is 0.525. The Balaban J connectivity index is 1.61. The van der Waals surface area contributed by atoms with E-state index in [1.54, 1.807) is 29.3 Å². The van der Waals surface area contributed by atoms with E-state index in [0.29, 0.717) is 23.1 Å². The van der Waals surface area contributed by atoms with E-state index in [-0.39, 0.29) is 11.8 Å². The van der Waals surface area contributed by atoms with Gasteiger partial charge in [-0.3, -0.25) is 14.4 Å². The SMILES string of the molecule is CCOc1ccccc1C1C2C(=O)N(c3ccc(Cl)cc3)C(=O)C2ON1c1ccccc1. The third-order valence-corrected chi connectivity index (χ3v) is 6.00. The maximum Gasteiger partial charge on any atom is 0.266 e. The molecule has 2 fully saturated rings. The monoisotopic (exact) mass is 448 g/mol. The molecule has 0 radical (unpaired) electrons. The van der Waals surface area contributed by atoms with Gasteiger partial charge >= 0.3 is 0 Å². The second-order valence-electron chi connectivity index (χ2n) is 7.62. The first-order valence-electron chi connectivity index (χ1n) is 10.5. The summed E-state index contributed by atoms with van der Waals surface area (Å²) in [5.41, 5.74) is 2.03. The summed E-state index contributed by atoms with van der Waals surface area (Å²) in [4.78, 5) is 34.3. The molecular weight excluding hydrogens is 428 g/mol. The van der Waals surface area contributed by atoms with Crippen molar-refractivity contribution in [1.29, 1.82) is 0 Å². The molecule has 0 spiro atoms. The highest BCUT2D eigenvalue weighted by Crippen LogP contribution is 2.49. The van der Waals surface area contributed by atoms with Gasteiger partial charge in [0.25, 0.3) is 5.91 Å². The summed E-state index contributed by atoms with van der Waals surface area (Å²) in [6, 6.07) is 23.2. The fraction of sp³-hybridized carbons (Fsp3) is 0.200. The first-order chi connectivity index (χ1) is 15.6. The number of imide groups is 1. The van der Waals surface area contributed by atoms with Gasteiger partial charge in [0, 0.05) is 10.6 Å². The molecule has 162 valence electrons. The Kier molecular flexibility index (Phi) is 5.33. The highest BCUT2D eigenvalue weighted by atomic mass is 35.5. The normalized spacial score (nSPS) is 22.4. The minimum atomic E-state index is -0.932. The maximum atomic E-state index is 13.6. The summed E-state index contributed by atoms with van der Waals surface area (Å²) < 4.78 is 5.86. The van der Waals surface area contributed by atoms with Gasteiger partial charge in [-0.25, -0.2) is 9.96 Å². The van der Waals surface area contributed by atoms with E-state index in [2.05, 4.69) is 0 Å². The number of hydrogen-bond acceptors (Lipinski definition) is 5. The average Bonchev–Trinajstić information content (AvgIpc) is 3.32. The summed E-state index contributed by atoms with van der Waals surface area (Å²) in [5, 5.41) is 2.20. The summed E-state index contributed by atoms with van der Waals surface area (Å²) in [7, 11) is 0. The number of ether oxygens (including phenoxy) is 1. The lowest BCUT2D eigenvalue weighted by atomic mass is 9.90. The van der Waals surface area contributed by atoms with E-state index in [4.69, 9.17) is 21.2 Å². The molecule has 3 atom stereocenters. The number of rotatable bonds is 5. The molecule has 2 aliphatic heterocycles. The van der Waals surface area contributed by atoms with E-state index in [9.17, 15) is 9.59 Å². The Morgan fingerprint density at radius 3 is 2.28 bits per heavy atom. The van der Waals surface area contributed by atoms with Crippen LogP contribution in [0.4, 0.5) is 11.4 Å². The summed E-state index contributed by atoms with van der Waals surface area (Å²) in [5.74, 6) is -0.757. The largest absolute Gasteiger partial charge is 0.494 e. The molecule has 5 rings (SSSR count). The number of carbonyl (C=O) groups excluding carboxylic acids is 2. The van der Waals surface area contributed by atoms with Gasteiger partial charge in [0.1, 0.15) is 11.7 Å². The molecule has 0 aromatic heterocycles. The number of amides is 2. The summed E-state index contributed by atoms with van der Waals surface area (Å²) >= 11 is 5.99. The lowest BCUT2D eigenvalue weighted by molar-refractivity contribution is -0.126. The van der Waals surface area contributed by atoms with Gasteiger partial charge in [0.2, 0.25) is 5.91 Å². The number of hydroxylamine groups is 1. The Hall–Kier alpha value is -3.35. The minimum absolute atomic E-state index is 0.308. The number of halogens is 1. The number of hydrogen-bond donors (Lipinski definition) is 0. The van der Waals surface area contributed by atoms with Crippen molar-refractivity contribution in [3.05, 3.63) is 89.4 Å². The molecular formula is C25H21ClN2O4. The first kappa shape index (κ1) is 20.5. The lowest BCUT2D eigenvalue weighted by Gasteiger charge is -2.29. The van der Waals surface area contributed by atoms with Crippen LogP contribution in [0.25, 0.3) is 0 Å². The molecule has 2 heterocycles. The zero-order chi connectivity index (χ0) is 22.2. The Bertz CT molecular complexity index is 1150. The molecule has 2 saturated heterocycles. The average molecular weight is 449 g/mol. The van der Waals surface area contributed by atoms with Crippen LogP contribution in [0.5, 0.6) is 5.75 Å². The topological polar surface area (TPSA) is 59.1 Å². The van der Waals surface area contributed by atoms with Gasteiger partial charge in [0.05, 0.1) is 24.0 Å². The fourth-order valence-corrected chi connectivity index (χ4v) is 4.51. The third kappa shape index (κ3) is 3.32. The van der Waals surface area contributed by atoms with E-state index in [0.717, 1.165) is 11.3 Å². The molecule has 0 saturated carbocycles. The Morgan fingerprint density at radius 2 is 1.56 bits per heavy atom. The van der Waals surface area contributed by atoms with Crippen molar-refractivity contribution in [2.24, 2.45) is 5.92 Å². The van der Waals surface area contributed by atoms with Gasteiger partial charge < -0.3 is 4.74 Å². The molecule has 3 aromatic rings. The predicted molar refractivity (Wildman–Crippen MR) is 122 cm³/mol. The summed E-state index contributed by atoms with van der Waals surface area (Å²) in [6.45, 7) is 2.39. The van der Waals surface area contributed by atoms with Crippen molar-refractivity contribution in [2.75, 3.05) is 16.6 Å². The molecule has 32 heavy (non-hydrogen) atoms. The zero-order valence-electron chi connectivity index (χ0n) is 17.4. The summed E-state index contributed by atoms with van der Waals surface area (Å²) in [6.07, 6.45) is -0.932. The third-order valence-electron chi connectivity index (χ3n) is 5.75. The lowest BCUT2D eigenvalue weighted by Crippen LogP contribution is -2.37. The van der Waals surface area contributed by atoms with E-state index in [1.165, 1.54) is 4.90 Å². The molecule has 7 heteroatoms. The number of fused-ring (bicyclic) bond motifs is 1. The second-order valence-corrected chi connectivity index (χ2v) is 8.05. The second kappa shape index (κ2) is 8.30. The smallest absolute Gasteiger partial charge is 0.266 e. The number of nitrogens with zero attached hydrogens (tertiary/aromatic N) is 2. The number of carbonyl (C=O) groups is 2. The molecule has 2 amide bonds. The van der Waals surface area contributed by atoms with Crippen molar-refractivity contribution < 1.29 is 19.2 Å². The minimum Gasteiger partial charge on any atom is -0.494 e. The van der Waals surface area contributed by atoms with Crippen molar-refractivity contribution in [1.82, 2.24) is 0 Å². The predicted octanol–water partition coefficient (Wildman–Crippen LogP) is 4.79. The van der Waals surface area contributed by atoms with Gasteiger partial charge in [-0.15, -0.1) is 0 Å². The fourth-order valence-electron chi connectivity index (χ4n) is 4.39. The van der Waals surface area contributed by atoms with Crippen LogP contribution >= 0.6 is 11.6 Å². The number of benzene rings is 3. The molecule has 2 aliphatic rings. The van der Waals surface area contributed by atoms with Crippen LogP contribution in [0.1, 0.15) is 18.5 Å². The first-order valence-corrected chi connectivity index (χ1v) is 10.8. The van der Waals surface area contributed by atoms with Crippen molar-refractivity contribution in [3.63, 3.8) is 0 Å². The number of anilines is 2. The van der Waals surface area contributed by atoms with Crippen LogP contribution in [0, 0.1) is 5.92 Å². The molecule has 0 bridgehead atoms. The van der Waals surface area contributed by atoms with E-state index >= 15 is 0 Å². The molecule has 6 nitrogen and oxygen atoms in total. The van der Waals surface area contributed by atoms with Crippen molar-refractivity contribution in [2.45, 2.75) is 19.1 Å². The molecule has 0 N–H and O–H groups in total. The molecule has 3 unspecified atom stereocenters. The van der Waals surface area contributed by atoms with Crippen LogP contribution < -0.4 is 14.7 Å². The maximum absolute atomic E-state index is 13.6. The van der Waals surface area contributed by atoms with Crippen molar-refractivity contribution in [3.8, 4) is 5.75 Å². The Morgan fingerprint density at radius 1 is 0.875 bits per heavy atom. The van der Waals surface area contributed by atoms with Gasteiger partial charge in [-0.05, 0) is 49.4 Å². The highest BCUT2D eigenvalue weighted by Gasteiger charge is 2.60. The van der Waals surface area contributed by atoms with Crippen molar-refractivity contribution >= 4 is 34.8 Å². The van der Waals surface area contributed by atoms with Gasteiger partial charge in [0.15, 0.2) is 6.10 Å². The van der Waals surface area contributed by atoms with Crippen LogP contribution in [-0.4, -0.2) is 24.5 Å². The van der Waals surface area contributed by atoms with Crippen LogP contribution in [0.3, 0.4) is 0 Å².